The molecule has 168 valence electrons. The van der Waals surface area contributed by atoms with Crippen molar-refractivity contribution in [2.45, 2.75) is 13.0 Å². The molecule has 1 N–H and O–H groups in total. The Morgan fingerprint density at radius 2 is 1.70 bits per heavy atom. The lowest BCUT2D eigenvalue weighted by atomic mass is 9.94. The molecule has 0 radical (unpaired) electrons. The van der Waals surface area contributed by atoms with Crippen molar-refractivity contribution in [3.05, 3.63) is 94.0 Å². The number of benzene rings is 3. The highest BCUT2D eigenvalue weighted by molar-refractivity contribution is 6.52. The van der Waals surface area contributed by atoms with Gasteiger partial charge in [-0.15, -0.1) is 0 Å². The molecule has 1 amide bonds. The van der Waals surface area contributed by atoms with Crippen LogP contribution in [0.3, 0.4) is 0 Å². The van der Waals surface area contributed by atoms with Crippen molar-refractivity contribution in [1.82, 2.24) is 0 Å². The standard InChI is InChI=1S/C26H22ClNO5/c1-15-9-10-17(13-20(15)27)28-23(19-12-11-18(32-2)14-21(19)33-3)22(25(30)26(28)31)24(29)16-7-5-4-6-8-16/h4-14,23,29H,1-3H3/b24-22+/t23-/m0/s1. The zero-order valence-electron chi connectivity index (χ0n) is 18.3. The molecule has 3 aromatic carbocycles. The number of Topliss-reactive ketones (excluding diaryl/α,β-unsaturated/α-hetero) is 1. The number of halogens is 1. The summed E-state index contributed by atoms with van der Waals surface area (Å²) >= 11 is 6.34. The van der Waals surface area contributed by atoms with Gasteiger partial charge in [-0.3, -0.25) is 14.5 Å². The second-order valence-corrected chi connectivity index (χ2v) is 7.98. The number of methoxy groups -OCH3 is 2. The van der Waals surface area contributed by atoms with Gasteiger partial charge in [0.05, 0.1) is 25.8 Å². The van der Waals surface area contributed by atoms with E-state index in [-0.39, 0.29) is 11.3 Å². The molecule has 1 fully saturated rings. The number of aliphatic hydroxyl groups is 1. The van der Waals surface area contributed by atoms with Crippen molar-refractivity contribution >= 4 is 34.7 Å². The highest BCUT2D eigenvalue weighted by Gasteiger charge is 2.48. The van der Waals surface area contributed by atoms with Crippen molar-refractivity contribution in [2.24, 2.45) is 0 Å². The monoisotopic (exact) mass is 463 g/mol. The Labute approximate surface area is 196 Å². The third kappa shape index (κ3) is 3.94. The topological polar surface area (TPSA) is 76.1 Å². The van der Waals surface area contributed by atoms with E-state index in [0.29, 0.717) is 33.3 Å². The molecule has 1 heterocycles. The van der Waals surface area contributed by atoms with Gasteiger partial charge in [-0.2, -0.15) is 0 Å². The number of amides is 1. The highest BCUT2D eigenvalue weighted by atomic mass is 35.5. The Hall–Kier alpha value is -3.77. The van der Waals surface area contributed by atoms with Gasteiger partial charge in [0.1, 0.15) is 17.3 Å². The van der Waals surface area contributed by atoms with Gasteiger partial charge in [0.25, 0.3) is 11.7 Å². The summed E-state index contributed by atoms with van der Waals surface area (Å²) in [6.45, 7) is 1.85. The number of carbonyl (C=O) groups is 2. The van der Waals surface area contributed by atoms with Gasteiger partial charge in [-0.25, -0.2) is 0 Å². The molecule has 0 saturated carbocycles. The van der Waals surface area contributed by atoms with Gasteiger partial charge < -0.3 is 14.6 Å². The summed E-state index contributed by atoms with van der Waals surface area (Å²) in [6, 6.07) is 17.9. The normalized spacial score (nSPS) is 17.3. The van der Waals surface area contributed by atoms with E-state index in [2.05, 4.69) is 0 Å². The highest BCUT2D eigenvalue weighted by Crippen LogP contribution is 2.46. The number of ketones is 1. The predicted molar refractivity (Wildman–Crippen MR) is 127 cm³/mol. The SMILES string of the molecule is COc1ccc([C@H]2/C(=C(\O)c3ccccc3)C(=O)C(=O)N2c2ccc(C)c(Cl)c2)c(OC)c1. The Kier molecular flexibility index (Phi) is 6.11. The molecule has 0 aliphatic carbocycles. The fourth-order valence-corrected chi connectivity index (χ4v) is 4.10. The Balaban J connectivity index is 2.00. The van der Waals surface area contributed by atoms with Gasteiger partial charge >= 0.3 is 0 Å². The number of aliphatic hydroxyl groups excluding tert-OH is 1. The van der Waals surface area contributed by atoms with E-state index in [9.17, 15) is 14.7 Å². The van der Waals surface area contributed by atoms with Gasteiger partial charge in [-0.1, -0.05) is 48.0 Å². The van der Waals surface area contributed by atoms with Gasteiger partial charge in [0.15, 0.2) is 0 Å². The molecular weight excluding hydrogens is 442 g/mol. The molecule has 1 aliphatic rings. The summed E-state index contributed by atoms with van der Waals surface area (Å²) in [6.07, 6.45) is 0. The third-order valence-electron chi connectivity index (χ3n) is 5.66. The van der Waals surface area contributed by atoms with Crippen LogP contribution in [0.15, 0.2) is 72.3 Å². The van der Waals surface area contributed by atoms with Gasteiger partial charge in [-0.05, 0) is 36.8 Å². The number of anilines is 1. The van der Waals surface area contributed by atoms with Crippen LogP contribution in [0, 0.1) is 6.92 Å². The summed E-state index contributed by atoms with van der Waals surface area (Å²) in [7, 11) is 3.02. The molecule has 0 spiro atoms. The Morgan fingerprint density at radius 1 is 0.970 bits per heavy atom. The van der Waals surface area contributed by atoms with Crippen LogP contribution in [0.25, 0.3) is 5.76 Å². The fraction of sp³-hybridized carbons (Fsp3) is 0.154. The quantitative estimate of drug-likeness (QED) is 0.316. The fourth-order valence-electron chi connectivity index (χ4n) is 3.92. The van der Waals surface area contributed by atoms with E-state index >= 15 is 0 Å². The summed E-state index contributed by atoms with van der Waals surface area (Å²) in [5.74, 6) is -0.874. The summed E-state index contributed by atoms with van der Waals surface area (Å²) in [4.78, 5) is 27.9. The second-order valence-electron chi connectivity index (χ2n) is 7.58. The van der Waals surface area contributed by atoms with E-state index in [4.69, 9.17) is 21.1 Å². The van der Waals surface area contributed by atoms with E-state index < -0.39 is 17.7 Å². The maximum Gasteiger partial charge on any atom is 0.300 e. The summed E-state index contributed by atoms with van der Waals surface area (Å²) in [5, 5.41) is 11.6. The van der Waals surface area contributed by atoms with Crippen LogP contribution in [0.5, 0.6) is 11.5 Å². The first-order chi connectivity index (χ1) is 15.9. The second kappa shape index (κ2) is 9.00. The number of hydrogen-bond donors (Lipinski definition) is 1. The van der Waals surface area contributed by atoms with Crippen LogP contribution < -0.4 is 14.4 Å². The average Bonchev–Trinajstić information content (AvgIpc) is 3.10. The molecule has 1 atom stereocenters. The average molecular weight is 464 g/mol. The minimum absolute atomic E-state index is 0.0358. The zero-order valence-corrected chi connectivity index (χ0v) is 19.1. The first-order valence-corrected chi connectivity index (χ1v) is 10.6. The first-order valence-electron chi connectivity index (χ1n) is 10.2. The van der Waals surface area contributed by atoms with Crippen LogP contribution in [0.4, 0.5) is 5.69 Å². The molecule has 0 unspecified atom stereocenters. The Morgan fingerprint density at radius 3 is 2.33 bits per heavy atom. The van der Waals surface area contributed by atoms with Crippen molar-refractivity contribution < 1.29 is 24.2 Å². The third-order valence-corrected chi connectivity index (χ3v) is 6.07. The Bertz CT molecular complexity index is 1270. The number of carbonyl (C=O) groups excluding carboxylic acids is 2. The lowest BCUT2D eigenvalue weighted by molar-refractivity contribution is -0.132. The smallest absolute Gasteiger partial charge is 0.300 e. The minimum Gasteiger partial charge on any atom is -0.507 e. The van der Waals surface area contributed by atoms with Gasteiger partial charge in [0, 0.05) is 27.9 Å². The molecule has 1 saturated heterocycles. The van der Waals surface area contributed by atoms with Crippen LogP contribution in [0.1, 0.15) is 22.7 Å². The first kappa shape index (κ1) is 22.4. The number of nitrogens with zero attached hydrogens (tertiary/aromatic N) is 1. The van der Waals surface area contributed by atoms with Crippen LogP contribution >= 0.6 is 11.6 Å². The molecule has 3 aromatic rings. The predicted octanol–water partition coefficient (Wildman–Crippen LogP) is 5.29. The lowest BCUT2D eigenvalue weighted by Gasteiger charge is -2.27. The van der Waals surface area contributed by atoms with Crippen molar-refractivity contribution in [3.8, 4) is 11.5 Å². The van der Waals surface area contributed by atoms with Crippen LogP contribution in [-0.4, -0.2) is 31.0 Å². The number of hydrogen-bond acceptors (Lipinski definition) is 5. The van der Waals surface area contributed by atoms with E-state index in [1.165, 1.54) is 19.1 Å². The molecule has 4 rings (SSSR count). The molecule has 33 heavy (non-hydrogen) atoms. The maximum absolute atomic E-state index is 13.3. The van der Waals surface area contributed by atoms with Crippen molar-refractivity contribution in [2.75, 3.05) is 19.1 Å². The van der Waals surface area contributed by atoms with Crippen LogP contribution in [-0.2, 0) is 9.59 Å². The molecule has 6 nitrogen and oxygen atoms in total. The van der Waals surface area contributed by atoms with E-state index in [0.717, 1.165) is 5.56 Å². The molecule has 7 heteroatoms. The number of aryl methyl sites for hydroxylation is 1. The lowest BCUT2D eigenvalue weighted by Crippen LogP contribution is -2.29. The number of rotatable bonds is 5. The molecular formula is C26H22ClNO5. The van der Waals surface area contributed by atoms with Crippen LogP contribution in [0.2, 0.25) is 5.02 Å². The largest absolute Gasteiger partial charge is 0.507 e. The zero-order chi connectivity index (χ0) is 23.7. The number of ether oxygens (including phenoxy) is 2. The maximum atomic E-state index is 13.3. The van der Waals surface area contributed by atoms with Gasteiger partial charge in [0.2, 0.25) is 0 Å². The molecule has 1 aliphatic heterocycles. The van der Waals surface area contributed by atoms with E-state index in [1.54, 1.807) is 66.7 Å². The minimum atomic E-state index is -0.940. The van der Waals surface area contributed by atoms with Crippen molar-refractivity contribution in [1.29, 1.82) is 0 Å². The summed E-state index contributed by atoms with van der Waals surface area (Å²) < 4.78 is 10.9. The van der Waals surface area contributed by atoms with E-state index in [1.807, 2.05) is 6.92 Å². The molecule has 0 aromatic heterocycles. The van der Waals surface area contributed by atoms with Crippen molar-refractivity contribution in [3.63, 3.8) is 0 Å². The molecule has 0 bridgehead atoms. The summed E-state index contributed by atoms with van der Waals surface area (Å²) in [5.41, 5.74) is 2.18.